The Kier molecular flexibility index (Phi) is 4.97. The van der Waals surface area contributed by atoms with Crippen LogP contribution in [0.2, 0.25) is 5.32 Å². The number of hydrogen-bond donors (Lipinski definition) is 0. The molecule has 0 fully saturated rings. The van der Waals surface area contributed by atoms with Crippen molar-refractivity contribution in [1.29, 1.82) is 0 Å². The Morgan fingerprint density at radius 1 is 1.40 bits per heavy atom. The minimum absolute atomic E-state index is 0.103. The molecular formula is C12H12O2Se. The van der Waals surface area contributed by atoms with Gasteiger partial charge in [0.05, 0.1) is 0 Å². The summed E-state index contributed by atoms with van der Waals surface area (Å²) in [4.78, 5) is 13.7. The second-order valence-electron chi connectivity index (χ2n) is 2.95. The normalized spacial score (nSPS) is 8.93. The molecule has 0 saturated heterocycles. The first-order chi connectivity index (χ1) is 7.22. The van der Waals surface area contributed by atoms with Gasteiger partial charge >= 0.3 is 95.9 Å². The summed E-state index contributed by atoms with van der Waals surface area (Å²) in [7, 11) is 1.64. The first kappa shape index (κ1) is 11.8. The number of benzene rings is 1. The predicted octanol–water partition coefficient (Wildman–Crippen LogP) is 1.72. The number of rotatable bonds is 3. The third-order valence-electron chi connectivity index (χ3n) is 1.63. The molecule has 78 valence electrons. The van der Waals surface area contributed by atoms with Crippen molar-refractivity contribution in [2.75, 3.05) is 7.11 Å². The molecule has 0 radical (unpaired) electrons. The molecule has 0 spiro atoms. The number of methoxy groups -OCH3 is 1. The van der Waals surface area contributed by atoms with Gasteiger partial charge in [-0.15, -0.1) is 0 Å². The molecule has 0 amide bonds. The zero-order valence-corrected chi connectivity index (χ0v) is 10.5. The quantitative estimate of drug-likeness (QED) is 0.615. The molecule has 15 heavy (non-hydrogen) atoms. The van der Waals surface area contributed by atoms with Crippen molar-refractivity contribution in [2.24, 2.45) is 0 Å². The SMILES string of the molecule is COc1ccc(C#C[Se]CC(C)=O)cc1. The molecule has 0 saturated carbocycles. The first-order valence-electron chi connectivity index (χ1n) is 4.48. The van der Waals surface area contributed by atoms with E-state index >= 15 is 0 Å². The zero-order valence-electron chi connectivity index (χ0n) is 8.74. The van der Waals surface area contributed by atoms with Gasteiger partial charge in [-0.1, -0.05) is 0 Å². The van der Waals surface area contributed by atoms with Crippen LogP contribution in [-0.4, -0.2) is 27.8 Å². The van der Waals surface area contributed by atoms with E-state index in [1.165, 1.54) is 0 Å². The number of ether oxygens (including phenoxy) is 1. The first-order valence-corrected chi connectivity index (χ1v) is 6.55. The average Bonchev–Trinajstić information content (AvgIpc) is 2.25. The Morgan fingerprint density at radius 2 is 2.07 bits per heavy atom. The van der Waals surface area contributed by atoms with Crippen molar-refractivity contribution in [3.05, 3.63) is 29.8 Å². The van der Waals surface area contributed by atoms with E-state index in [0.29, 0.717) is 5.32 Å². The maximum absolute atomic E-state index is 10.7. The molecule has 3 heteroatoms. The van der Waals surface area contributed by atoms with Crippen molar-refractivity contribution in [3.63, 3.8) is 0 Å². The molecule has 1 aromatic rings. The van der Waals surface area contributed by atoms with E-state index in [9.17, 15) is 4.79 Å². The molecule has 0 aliphatic carbocycles. The van der Waals surface area contributed by atoms with E-state index in [-0.39, 0.29) is 20.7 Å². The maximum atomic E-state index is 10.7. The number of hydrogen-bond acceptors (Lipinski definition) is 2. The minimum atomic E-state index is 0.103. The second-order valence-corrected chi connectivity index (χ2v) is 4.59. The van der Waals surface area contributed by atoms with Crippen molar-refractivity contribution in [2.45, 2.75) is 12.2 Å². The van der Waals surface area contributed by atoms with Gasteiger partial charge in [-0.25, -0.2) is 0 Å². The fourth-order valence-electron chi connectivity index (χ4n) is 0.907. The van der Waals surface area contributed by atoms with Gasteiger partial charge in [0, 0.05) is 0 Å². The van der Waals surface area contributed by atoms with E-state index in [1.54, 1.807) is 14.0 Å². The summed E-state index contributed by atoms with van der Waals surface area (Å²) in [5.41, 5.74) is 0.959. The molecule has 1 rings (SSSR count). The molecule has 0 aromatic heterocycles. The molecule has 2 nitrogen and oxygen atoms in total. The van der Waals surface area contributed by atoms with Crippen molar-refractivity contribution in [1.82, 2.24) is 0 Å². The van der Waals surface area contributed by atoms with E-state index < -0.39 is 0 Å². The number of ketones is 1. The second kappa shape index (κ2) is 6.29. The van der Waals surface area contributed by atoms with Gasteiger partial charge in [0.25, 0.3) is 0 Å². The fourth-order valence-corrected chi connectivity index (χ4v) is 1.88. The van der Waals surface area contributed by atoms with Crippen LogP contribution in [0.15, 0.2) is 24.3 Å². The third-order valence-corrected chi connectivity index (χ3v) is 3.31. The van der Waals surface area contributed by atoms with Crippen molar-refractivity contribution >= 4 is 20.7 Å². The molecular weight excluding hydrogens is 255 g/mol. The van der Waals surface area contributed by atoms with Crippen LogP contribution >= 0.6 is 0 Å². The van der Waals surface area contributed by atoms with Crippen LogP contribution in [0.4, 0.5) is 0 Å². The number of carbonyl (C=O) groups excluding carboxylic acids is 1. The van der Waals surface area contributed by atoms with Gasteiger partial charge in [-0.05, 0) is 0 Å². The average molecular weight is 267 g/mol. The molecule has 0 bridgehead atoms. The van der Waals surface area contributed by atoms with E-state index in [2.05, 4.69) is 10.7 Å². The molecule has 0 atom stereocenters. The summed E-state index contributed by atoms with van der Waals surface area (Å²) in [5, 5.41) is 0.593. The molecule has 0 aliphatic heterocycles. The molecule has 0 aliphatic rings. The summed E-state index contributed by atoms with van der Waals surface area (Å²) < 4.78 is 5.04. The Hall–Kier alpha value is -1.23. The summed E-state index contributed by atoms with van der Waals surface area (Å²) >= 11 is 0.103. The van der Waals surface area contributed by atoms with Gasteiger partial charge in [0.1, 0.15) is 0 Å². The Bertz CT molecular complexity index is 384. The fraction of sp³-hybridized carbons (Fsp3) is 0.250. The van der Waals surface area contributed by atoms with Gasteiger partial charge in [-0.3, -0.25) is 0 Å². The summed E-state index contributed by atoms with van der Waals surface area (Å²) in [5.74, 6) is 4.06. The van der Waals surface area contributed by atoms with Gasteiger partial charge in [0.2, 0.25) is 0 Å². The van der Waals surface area contributed by atoms with Crippen LogP contribution in [0.1, 0.15) is 12.5 Å². The predicted molar refractivity (Wildman–Crippen MR) is 61.1 cm³/mol. The van der Waals surface area contributed by atoms with E-state index in [0.717, 1.165) is 11.3 Å². The van der Waals surface area contributed by atoms with Gasteiger partial charge in [-0.2, -0.15) is 0 Å². The van der Waals surface area contributed by atoms with Crippen LogP contribution in [0.3, 0.4) is 0 Å². The van der Waals surface area contributed by atoms with Crippen LogP contribution in [0.25, 0.3) is 0 Å². The summed E-state index contributed by atoms with van der Waals surface area (Å²) in [6.07, 6.45) is 0. The van der Waals surface area contributed by atoms with Crippen molar-refractivity contribution < 1.29 is 9.53 Å². The molecule has 0 heterocycles. The topological polar surface area (TPSA) is 26.3 Å². The van der Waals surface area contributed by atoms with Gasteiger partial charge in [0.15, 0.2) is 0 Å². The summed E-state index contributed by atoms with van der Waals surface area (Å²) in [6.45, 7) is 1.59. The zero-order chi connectivity index (χ0) is 11.1. The standard InChI is InChI=1S/C12H12O2Se/c1-10(13)9-15-8-7-11-3-5-12(14-2)6-4-11/h3-6H,9H2,1-2H3. The van der Waals surface area contributed by atoms with E-state index in [4.69, 9.17) is 4.74 Å². The molecule has 0 N–H and O–H groups in total. The monoisotopic (exact) mass is 268 g/mol. The van der Waals surface area contributed by atoms with Crippen LogP contribution in [0, 0.1) is 10.7 Å². The third kappa shape index (κ3) is 4.69. The number of Topliss-reactive ketones (excluding diaryl/α,β-unsaturated/α-hetero) is 1. The van der Waals surface area contributed by atoms with Crippen LogP contribution in [0.5, 0.6) is 5.75 Å². The number of carbonyl (C=O) groups is 1. The van der Waals surface area contributed by atoms with Crippen molar-refractivity contribution in [3.8, 4) is 16.5 Å². The van der Waals surface area contributed by atoms with Crippen LogP contribution < -0.4 is 4.74 Å². The Balaban J connectivity index is 2.52. The Morgan fingerprint density at radius 3 is 2.60 bits per heavy atom. The molecule has 1 aromatic carbocycles. The summed E-state index contributed by atoms with van der Waals surface area (Å²) in [6, 6.07) is 7.58. The van der Waals surface area contributed by atoms with E-state index in [1.807, 2.05) is 24.3 Å². The van der Waals surface area contributed by atoms with Gasteiger partial charge < -0.3 is 0 Å². The Labute approximate surface area is 96.2 Å². The van der Waals surface area contributed by atoms with Crippen LogP contribution in [-0.2, 0) is 4.79 Å². The molecule has 0 unspecified atom stereocenters.